The van der Waals surface area contributed by atoms with E-state index < -0.39 is 0 Å². The summed E-state index contributed by atoms with van der Waals surface area (Å²) in [5, 5.41) is 12.5. The largest absolute Gasteiger partial charge is 0.508 e. The number of phenols is 1. The van der Waals surface area contributed by atoms with E-state index in [-0.39, 0.29) is 0 Å². The highest BCUT2D eigenvalue weighted by Crippen LogP contribution is 2.10. The van der Waals surface area contributed by atoms with Crippen LogP contribution in [0.5, 0.6) is 5.75 Å². The van der Waals surface area contributed by atoms with Crippen molar-refractivity contribution in [3.63, 3.8) is 0 Å². The summed E-state index contributed by atoms with van der Waals surface area (Å²) >= 11 is 0. The maximum atomic E-state index is 9.25. The first-order chi connectivity index (χ1) is 7.34. The number of nitrogens with one attached hydrogen (secondary N) is 1. The van der Waals surface area contributed by atoms with Crippen LogP contribution in [0.3, 0.4) is 0 Å². The Hall–Kier alpha value is -1.74. The third-order valence-corrected chi connectivity index (χ3v) is 2.12. The minimum Gasteiger partial charge on any atom is -0.508 e. The van der Waals surface area contributed by atoms with Gasteiger partial charge in [-0.05, 0) is 29.8 Å². The second-order valence-electron chi connectivity index (χ2n) is 3.35. The molecule has 0 unspecified atom stereocenters. The molecule has 0 aliphatic carbocycles. The van der Waals surface area contributed by atoms with E-state index in [0.717, 1.165) is 17.9 Å². The van der Waals surface area contributed by atoms with Crippen LogP contribution in [0.4, 0.5) is 0 Å². The molecule has 0 atom stereocenters. The Kier molecular flexibility index (Phi) is 3.05. The van der Waals surface area contributed by atoms with Crippen molar-refractivity contribution in [3.05, 3.63) is 54.0 Å². The standard InChI is InChI=1S/C12H13NO2/c14-11-4-1-3-10(7-11)8-13-9-12-5-2-6-15-12/h1-7,13-14H,8-9H2. The average Bonchev–Trinajstić information content (AvgIpc) is 2.71. The molecule has 1 aromatic heterocycles. The van der Waals surface area contributed by atoms with Crippen molar-refractivity contribution in [3.8, 4) is 5.75 Å². The highest BCUT2D eigenvalue weighted by molar-refractivity contribution is 5.26. The van der Waals surface area contributed by atoms with Crippen molar-refractivity contribution in [1.29, 1.82) is 0 Å². The summed E-state index contributed by atoms with van der Waals surface area (Å²) in [4.78, 5) is 0. The smallest absolute Gasteiger partial charge is 0.117 e. The highest BCUT2D eigenvalue weighted by Gasteiger charge is 1.96. The lowest BCUT2D eigenvalue weighted by Crippen LogP contribution is -2.11. The lowest BCUT2D eigenvalue weighted by molar-refractivity contribution is 0.472. The molecule has 78 valence electrons. The zero-order valence-corrected chi connectivity index (χ0v) is 8.31. The van der Waals surface area contributed by atoms with Crippen molar-refractivity contribution in [1.82, 2.24) is 5.32 Å². The number of furan rings is 1. The quantitative estimate of drug-likeness (QED) is 0.801. The summed E-state index contributed by atoms with van der Waals surface area (Å²) in [5.41, 5.74) is 1.06. The molecule has 0 fully saturated rings. The minimum absolute atomic E-state index is 0.298. The Bertz CT molecular complexity index is 409. The fourth-order valence-electron chi connectivity index (χ4n) is 1.41. The molecule has 0 saturated carbocycles. The van der Waals surface area contributed by atoms with E-state index in [4.69, 9.17) is 4.42 Å². The molecule has 3 nitrogen and oxygen atoms in total. The first-order valence-corrected chi connectivity index (χ1v) is 4.85. The fourth-order valence-corrected chi connectivity index (χ4v) is 1.41. The normalized spacial score (nSPS) is 10.4. The molecule has 0 bridgehead atoms. The number of hydrogen-bond donors (Lipinski definition) is 2. The van der Waals surface area contributed by atoms with Crippen LogP contribution in [-0.2, 0) is 13.1 Å². The molecule has 1 aromatic carbocycles. The molecule has 0 radical (unpaired) electrons. The Morgan fingerprint density at radius 2 is 2.07 bits per heavy atom. The third kappa shape index (κ3) is 2.86. The Balaban J connectivity index is 1.83. The molecule has 2 rings (SSSR count). The molecule has 0 aliphatic heterocycles. The maximum Gasteiger partial charge on any atom is 0.117 e. The maximum absolute atomic E-state index is 9.25. The summed E-state index contributed by atoms with van der Waals surface area (Å²) in [6.45, 7) is 1.41. The van der Waals surface area contributed by atoms with Gasteiger partial charge in [-0.2, -0.15) is 0 Å². The molecule has 0 saturated heterocycles. The van der Waals surface area contributed by atoms with Crippen molar-refractivity contribution >= 4 is 0 Å². The fraction of sp³-hybridized carbons (Fsp3) is 0.167. The van der Waals surface area contributed by atoms with Crippen LogP contribution in [0.25, 0.3) is 0 Å². The molecule has 0 aliphatic rings. The second kappa shape index (κ2) is 4.66. The molecular weight excluding hydrogens is 190 g/mol. The average molecular weight is 203 g/mol. The first-order valence-electron chi connectivity index (χ1n) is 4.85. The van der Waals surface area contributed by atoms with E-state index in [2.05, 4.69) is 5.32 Å². The van der Waals surface area contributed by atoms with Gasteiger partial charge in [0.05, 0.1) is 12.8 Å². The van der Waals surface area contributed by atoms with Gasteiger partial charge in [0.15, 0.2) is 0 Å². The van der Waals surface area contributed by atoms with Crippen LogP contribution >= 0.6 is 0 Å². The zero-order chi connectivity index (χ0) is 10.5. The van der Waals surface area contributed by atoms with Gasteiger partial charge < -0.3 is 14.8 Å². The summed E-state index contributed by atoms with van der Waals surface area (Å²) in [5.74, 6) is 1.21. The Labute approximate surface area is 88.4 Å². The molecule has 2 aromatic rings. The van der Waals surface area contributed by atoms with Crippen LogP contribution in [-0.4, -0.2) is 5.11 Å². The molecule has 2 N–H and O–H groups in total. The van der Waals surface area contributed by atoms with Crippen LogP contribution in [0.2, 0.25) is 0 Å². The van der Waals surface area contributed by atoms with E-state index >= 15 is 0 Å². The van der Waals surface area contributed by atoms with E-state index in [1.807, 2.05) is 24.3 Å². The molecule has 0 amide bonds. The molecule has 1 heterocycles. The molecule has 3 heteroatoms. The van der Waals surface area contributed by atoms with Crippen LogP contribution in [0, 0.1) is 0 Å². The van der Waals surface area contributed by atoms with E-state index in [9.17, 15) is 5.11 Å². The van der Waals surface area contributed by atoms with Crippen LogP contribution in [0.1, 0.15) is 11.3 Å². The lowest BCUT2D eigenvalue weighted by atomic mass is 10.2. The number of aromatic hydroxyl groups is 1. The molecule has 0 spiro atoms. The van der Waals surface area contributed by atoms with Crippen LogP contribution in [0.15, 0.2) is 47.1 Å². The van der Waals surface area contributed by atoms with E-state index in [0.29, 0.717) is 12.3 Å². The Morgan fingerprint density at radius 1 is 1.13 bits per heavy atom. The van der Waals surface area contributed by atoms with Gasteiger partial charge in [0, 0.05) is 6.54 Å². The first kappa shape index (κ1) is 9.80. The predicted molar refractivity (Wildman–Crippen MR) is 57.4 cm³/mol. The van der Waals surface area contributed by atoms with Gasteiger partial charge in [-0.1, -0.05) is 12.1 Å². The van der Waals surface area contributed by atoms with Gasteiger partial charge in [0.25, 0.3) is 0 Å². The summed E-state index contributed by atoms with van der Waals surface area (Å²) in [7, 11) is 0. The zero-order valence-electron chi connectivity index (χ0n) is 8.31. The SMILES string of the molecule is Oc1cccc(CNCc2ccco2)c1. The van der Waals surface area contributed by atoms with Gasteiger partial charge in [-0.25, -0.2) is 0 Å². The number of rotatable bonds is 4. The summed E-state index contributed by atoms with van der Waals surface area (Å²) in [6.07, 6.45) is 1.66. The highest BCUT2D eigenvalue weighted by atomic mass is 16.3. The van der Waals surface area contributed by atoms with E-state index in [1.54, 1.807) is 18.4 Å². The van der Waals surface area contributed by atoms with Gasteiger partial charge in [0.1, 0.15) is 11.5 Å². The van der Waals surface area contributed by atoms with Crippen molar-refractivity contribution in [2.45, 2.75) is 13.1 Å². The topological polar surface area (TPSA) is 45.4 Å². The monoisotopic (exact) mass is 203 g/mol. The predicted octanol–water partition coefficient (Wildman–Crippen LogP) is 2.28. The van der Waals surface area contributed by atoms with Gasteiger partial charge >= 0.3 is 0 Å². The van der Waals surface area contributed by atoms with E-state index in [1.165, 1.54) is 0 Å². The lowest BCUT2D eigenvalue weighted by Gasteiger charge is -2.03. The summed E-state index contributed by atoms with van der Waals surface area (Å²) < 4.78 is 5.18. The molecule has 15 heavy (non-hydrogen) atoms. The minimum atomic E-state index is 0.298. The third-order valence-electron chi connectivity index (χ3n) is 2.12. The number of hydrogen-bond acceptors (Lipinski definition) is 3. The van der Waals surface area contributed by atoms with Crippen molar-refractivity contribution in [2.24, 2.45) is 0 Å². The van der Waals surface area contributed by atoms with Crippen molar-refractivity contribution < 1.29 is 9.52 Å². The number of benzene rings is 1. The summed E-state index contributed by atoms with van der Waals surface area (Å²) in [6, 6.07) is 11.0. The van der Waals surface area contributed by atoms with Gasteiger partial charge in [-0.3, -0.25) is 0 Å². The van der Waals surface area contributed by atoms with Gasteiger partial charge in [0.2, 0.25) is 0 Å². The molecular formula is C12H13NO2. The van der Waals surface area contributed by atoms with Crippen LogP contribution < -0.4 is 5.32 Å². The van der Waals surface area contributed by atoms with Crippen molar-refractivity contribution in [2.75, 3.05) is 0 Å². The second-order valence-corrected chi connectivity index (χ2v) is 3.35. The Morgan fingerprint density at radius 3 is 2.80 bits per heavy atom. The number of phenolic OH excluding ortho intramolecular Hbond substituents is 1. The van der Waals surface area contributed by atoms with Gasteiger partial charge in [-0.15, -0.1) is 0 Å².